The molecule has 4 aromatic carbocycles. The number of hydrogen-bond acceptors (Lipinski definition) is 1. The first-order valence-corrected chi connectivity index (χ1v) is 26.5. The van der Waals surface area contributed by atoms with Crippen LogP contribution in [0.1, 0.15) is 187 Å². The fraction of sp³-hybridized carbons (Fsp3) is 0.510. The predicted octanol–water partition coefficient (Wildman–Crippen LogP) is 12.6. The Labute approximate surface area is 339 Å². The second-order valence-corrected chi connectivity index (χ2v) is 34.3. The molecule has 0 amide bonds. The van der Waals surface area contributed by atoms with E-state index in [-0.39, 0.29) is 20.5 Å². The molecule has 1 atom stereocenters. The van der Waals surface area contributed by atoms with Crippen molar-refractivity contribution in [2.75, 3.05) is 0 Å². The molecule has 0 radical (unpaired) electrons. The van der Waals surface area contributed by atoms with Gasteiger partial charge in [-0.15, -0.1) is 0 Å². The van der Waals surface area contributed by atoms with Gasteiger partial charge in [-0.3, -0.25) is 0 Å². The van der Waals surface area contributed by atoms with Gasteiger partial charge in [-0.25, -0.2) is 0 Å². The fourth-order valence-corrected chi connectivity index (χ4v) is 32.6. The number of benzene rings is 4. The van der Waals surface area contributed by atoms with Gasteiger partial charge in [0, 0.05) is 0 Å². The van der Waals surface area contributed by atoms with Gasteiger partial charge in [0.2, 0.25) is 0 Å². The van der Waals surface area contributed by atoms with Gasteiger partial charge in [0.1, 0.15) is 0 Å². The monoisotopic (exact) mass is 846 g/mol. The van der Waals surface area contributed by atoms with Crippen molar-refractivity contribution < 1.29 is 3.76 Å². The standard InChI is InChI=1S/C51H69AsGeO/c1-31(2)34-27-38(32(3)4)45(39(28-34)33(5)6)53(50(16,17)18)46(51(54-53)40-25-21-19-23-36(40)37-24-20-22-26-41(37)51)52-44-42(48(10,11)12)29-35(47(7,8)9)30-43(44)49(13,14)15/h19-33H,1-18H3/t53-/m0/s1. The van der Waals surface area contributed by atoms with E-state index in [1.165, 1.54) is 55.6 Å². The maximum atomic E-state index is 8.45. The van der Waals surface area contributed by atoms with Crippen LogP contribution in [0.25, 0.3) is 11.1 Å². The Morgan fingerprint density at radius 3 is 1.33 bits per heavy atom. The summed E-state index contributed by atoms with van der Waals surface area (Å²) in [6.45, 7) is 43.8. The van der Waals surface area contributed by atoms with Crippen LogP contribution < -0.4 is 8.75 Å². The quantitative estimate of drug-likeness (QED) is 0.182. The zero-order valence-corrected chi connectivity index (χ0v) is 41.0. The van der Waals surface area contributed by atoms with E-state index in [1.807, 2.05) is 0 Å². The molecule has 54 heavy (non-hydrogen) atoms. The van der Waals surface area contributed by atoms with Crippen LogP contribution in [0, 0.1) is 0 Å². The Hall–Kier alpha value is -2.19. The van der Waals surface area contributed by atoms with Gasteiger partial charge in [-0.05, 0) is 0 Å². The van der Waals surface area contributed by atoms with Crippen LogP contribution >= 0.6 is 0 Å². The Balaban J connectivity index is 1.89. The minimum atomic E-state index is -3.75. The summed E-state index contributed by atoms with van der Waals surface area (Å²) in [5, 5.41) is 0. The van der Waals surface area contributed by atoms with E-state index < -0.39 is 34.5 Å². The molecule has 0 N–H and O–H groups in total. The molecule has 0 bridgehead atoms. The Bertz CT molecular complexity index is 2010. The summed E-state index contributed by atoms with van der Waals surface area (Å²) in [4.78, 5) is 0. The molecule has 0 saturated carbocycles. The normalized spacial score (nSPS) is 19.2. The van der Waals surface area contributed by atoms with Gasteiger partial charge in [0.25, 0.3) is 0 Å². The van der Waals surface area contributed by atoms with Crippen molar-refractivity contribution in [3.8, 4) is 11.1 Å². The molecule has 288 valence electrons. The number of fused-ring (bicyclic) bond motifs is 5. The van der Waals surface area contributed by atoms with E-state index in [2.05, 4.69) is 197 Å². The van der Waals surface area contributed by atoms with Gasteiger partial charge in [-0.1, -0.05) is 0 Å². The first-order chi connectivity index (χ1) is 24.8. The third kappa shape index (κ3) is 6.53. The molecule has 4 aromatic rings. The average Bonchev–Trinajstić information content (AvgIpc) is 3.34. The molecule has 1 nitrogen and oxygen atoms in total. The van der Waals surface area contributed by atoms with Crippen LogP contribution in [0.4, 0.5) is 0 Å². The third-order valence-electron chi connectivity index (χ3n) is 12.2. The predicted molar refractivity (Wildman–Crippen MR) is 240 cm³/mol. The minimum absolute atomic E-state index is 0.0153. The molecule has 0 aromatic heterocycles. The molecule has 3 heteroatoms. The van der Waals surface area contributed by atoms with Gasteiger partial charge >= 0.3 is 341 Å². The Morgan fingerprint density at radius 1 is 0.556 bits per heavy atom. The fourth-order valence-electron chi connectivity index (χ4n) is 9.10. The molecule has 1 aliphatic heterocycles. The molecule has 1 saturated heterocycles. The first kappa shape index (κ1) is 41.4. The van der Waals surface area contributed by atoms with Crippen LogP contribution in [0.5, 0.6) is 0 Å². The summed E-state index contributed by atoms with van der Waals surface area (Å²) in [6.07, 6.45) is 0. The van der Waals surface area contributed by atoms with Crippen molar-refractivity contribution in [3.05, 3.63) is 117 Å². The molecule has 1 aliphatic carbocycles. The van der Waals surface area contributed by atoms with E-state index in [0.29, 0.717) is 17.8 Å². The van der Waals surface area contributed by atoms with E-state index in [4.69, 9.17) is 3.76 Å². The van der Waals surface area contributed by atoms with E-state index >= 15 is 0 Å². The van der Waals surface area contributed by atoms with Crippen molar-refractivity contribution in [1.29, 1.82) is 0 Å². The Morgan fingerprint density at radius 2 is 0.981 bits per heavy atom. The van der Waals surface area contributed by atoms with Crippen LogP contribution in [0.2, 0.25) is 4.25 Å². The van der Waals surface area contributed by atoms with Crippen LogP contribution in [0.3, 0.4) is 0 Å². The summed E-state index contributed by atoms with van der Waals surface area (Å²) >= 11 is -4.19. The summed E-state index contributed by atoms with van der Waals surface area (Å²) in [5.74, 6) is 1.25. The van der Waals surface area contributed by atoms with Crippen molar-refractivity contribution >= 4 is 40.8 Å². The van der Waals surface area contributed by atoms with Gasteiger partial charge in [-0.2, -0.15) is 0 Å². The van der Waals surface area contributed by atoms with Crippen LogP contribution in [-0.4, -0.2) is 32.0 Å². The second kappa shape index (κ2) is 13.7. The molecule has 1 fully saturated rings. The van der Waals surface area contributed by atoms with Crippen molar-refractivity contribution in [3.63, 3.8) is 0 Å². The zero-order valence-electron chi connectivity index (χ0n) is 37.0. The SMILES string of the molecule is CC(C)c1cc(C(C)C)[c]([Ge@]2([C](C)(C)C)[O]C3([C]2=[As]c2c(C(C)(C)C)cc(C(C)(C)C)cc2C(C)(C)C)c2ccccc2-c2ccccc23)c(C(C)C)c1. The summed E-state index contributed by atoms with van der Waals surface area (Å²) in [6, 6.07) is 28.8. The maximum absolute atomic E-state index is 8.45. The molecular formula is C51H69AsGeO. The molecular weight excluding hydrogens is 776 g/mol. The van der Waals surface area contributed by atoms with E-state index in [1.54, 1.807) is 11.9 Å². The second-order valence-electron chi connectivity index (χ2n) is 21.5. The molecule has 2 aliphatic rings. The Kier molecular flexibility index (Phi) is 10.5. The molecule has 1 heterocycles. The van der Waals surface area contributed by atoms with Gasteiger partial charge in [0.05, 0.1) is 0 Å². The summed E-state index contributed by atoms with van der Waals surface area (Å²) in [7, 11) is 0. The summed E-state index contributed by atoms with van der Waals surface area (Å²) in [5.41, 5.74) is 13.9. The van der Waals surface area contributed by atoms with E-state index in [0.717, 1.165) is 0 Å². The first-order valence-electron chi connectivity index (χ1n) is 20.6. The van der Waals surface area contributed by atoms with Crippen molar-refractivity contribution in [1.82, 2.24) is 0 Å². The third-order valence-corrected chi connectivity index (χ3v) is 30.0. The molecule has 1 spiro atoms. The van der Waals surface area contributed by atoms with Crippen LogP contribution in [-0.2, 0) is 25.6 Å². The molecule has 6 rings (SSSR count). The van der Waals surface area contributed by atoms with Crippen LogP contribution in [0.15, 0.2) is 72.8 Å². The average molecular weight is 846 g/mol. The zero-order chi connectivity index (χ0) is 40.1. The van der Waals surface area contributed by atoms with Crippen molar-refractivity contribution in [2.45, 2.75) is 168 Å². The molecule has 0 unspecified atom stereocenters. The van der Waals surface area contributed by atoms with E-state index in [9.17, 15) is 0 Å². The topological polar surface area (TPSA) is 9.23 Å². The van der Waals surface area contributed by atoms with Crippen molar-refractivity contribution in [2.24, 2.45) is 0 Å². The number of hydrogen-bond donors (Lipinski definition) is 0. The van der Waals surface area contributed by atoms with Gasteiger partial charge in [0.15, 0.2) is 0 Å². The van der Waals surface area contributed by atoms with Gasteiger partial charge < -0.3 is 0 Å². The number of rotatable bonds is 5. The summed E-state index contributed by atoms with van der Waals surface area (Å²) < 4.78 is 13.4.